The summed E-state index contributed by atoms with van der Waals surface area (Å²) >= 11 is 1.14. The molecule has 0 saturated carbocycles. The third-order valence-corrected chi connectivity index (χ3v) is 14.9. The number of nitrogens with zero attached hydrogens (tertiary/aromatic N) is 1. The summed E-state index contributed by atoms with van der Waals surface area (Å²) in [6.07, 6.45) is 0.342. The smallest absolute Gasteiger partial charge is 0.501 e. The van der Waals surface area contributed by atoms with Gasteiger partial charge in [-0.2, -0.15) is 13.2 Å². The summed E-state index contributed by atoms with van der Waals surface area (Å²) < 4.78 is 77.0. The van der Waals surface area contributed by atoms with E-state index in [1.165, 1.54) is 0 Å². The van der Waals surface area contributed by atoms with Crippen molar-refractivity contribution in [3.63, 3.8) is 0 Å². The van der Waals surface area contributed by atoms with Gasteiger partial charge in [-0.05, 0) is 104 Å². The maximum atomic E-state index is 13.4. The highest BCUT2D eigenvalue weighted by molar-refractivity contribution is 7.92. The topological polar surface area (TPSA) is 76.1 Å². The number of hydrogen-bond donors (Lipinski definition) is 1. The van der Waals surface area contributed by atoms with Gasteiger partial charge >= 0.3 is 5.51 Å². The molecular formula is C32H38F3NO5S2Si. The van der Waals surface area contributed by atoms with Crippen molar-refractivity contribution in [2.75, 3.05) is 27.2 Å². The molecule has 4 aromatic rings. The lowest BCUT2D eigenvalue weighted by Crippen LogP contribution is -2.43. The Hall–Kier alpha value is -3.06. The van der Waals surface area contributed by atoms with Gasteiger partial charge in [0.15, 0.2) is 0 Å². The summed E-state index contributed by atoms with van der Waals surface area (Å²) in [7, 11) is -3.82. The zero-order valence-corrected chi connectivity index (χ0v) is 28.5. The van der Waals surface area contributed by atoms with Crippen molar-refractivity contribution in [3.8, 4) is 27.7 Å². The maximum Gasteiger partial charge on any atom is 0.501 e. The van der Waals surface area contributed by atoms with E-state index < -0.39 is 34.3 Å². The lowest BCUT2D eigenvalue weighted by atomic mass is 9.98. The van der Waals surface area contributed by atoms with Crippen LogP contribution in [0.2, 0.25) is 18.1 Å². The standard InChI is InChI=1S/C32H38F3NO5S2Si/c1-31(2,3)44(6,7)41-24-14-10-22(11-15-24)30-26(18-21-8-12-23(13-9-21)40-17-16-36(4)5)29-27(37)19-25(20-28(29)42-30)43(38,39)32(33,34)35/h8-15,19-20,37H,16-18H2,1-7H3. The van der Waals surface area contributed by atoms with Crippen LogP contribution in [0.4, 0.5) is 13.2 Å². The quantitative estimate of drug-likeness (QED) is 0.171. The second-order valence-electron chi connectivity index (χ2n) is 12.5. The maximum absolute atomic E-state index is 13.4. The first-order valence-electron chi connectivity index (χ1n) is 14.1. The number of sulfone groups is 1. The molecule has 6 nitrogen and oxygen atoms in total. The fraction of sp³-hybridized carbons (Fsp3) is 0.375. The number of aromatic hydroxyl groups is 1. The highest BCUT2D eigenvalue weighted by Gasteiger charge is 2.47. The number of likely N-dealkylation sites (N-methyl/N-ethyl adjacent to an activating group) is 1. The van der Waals surface area contributed by atoms with Crippen molar-refractivity contribution in [2.45, 2.75) is 55.7 Å². The number of alkyl halides is 3. The van der Waals surface area contributed by atoms with Crippen LogP contribution in [-0.2, 0) is 16.3 Å². The second-order valence-corrected chi connectivity index (χ2v) is 20.3. The summed E-state index contributed by atoms with van der Waals surface area (Å²) in [6, 6.07) is 16.6. The Balaban J connectivity index is 1.78. The van der Waals surface area contributed by atoms with E-state index in [1.54, 1.807) is 0 Å². The van der Waals surface area contributed by atoms with E-state index in [-0.39, 0.29) is 9.74 Å². The van der Waals surface area contributed by atoms with E-state index in [0.29, 0.717) is 46.4 Å². The van der Waals surface area contributed by atoms with Crippen molar-refractivity contribution in [3.05, 3.63) is 71.8 Å². The average Bonchev–Trinajstić information content (AvgIpc) is 3.27. The first-order valence-corrected chi connectivity index (χ1v) is 19.3. The Labute approximate surface area is 262 Å². The van der Waals surface area contributed by atoms with Crippen LogP contribution in [0.1, 0.15) is 31.9 Å². The molecule has 1 aromatic heterocycles. The first kappa shape index (κ1) is 33.8. The van der Waals surface area contributed by atoms with E-state index in [1.807, 2.05) is 67.5 Å². The van der Waals surface area contributed by atoms with Crippen LogP contribution in [0, 0.1) is 0 Å². The Kier molecular flexibility index (Phi) is 9.52. The molecule has 238 valence electrons. The molecule has 0 aliphatic carbocycles. The van der Waals surface area contributed by atoms with E-state index in [4.69, 9.17) is 9.16 Å². The van der Waals surface area contributed by atoms with Gasteiger partial charge in [-0.25, -0.2) is 8.42 Å². The van der Waals surface area contributed by atoms with E-state index in [0.717, 1.165) is 35.1 Å². The van der Waals surface area contributed by atoms with Gasteiger partial charge in [0.1, 0.15) is 23.9 Å². The largest absolute Gasteiger partial charge is 0.544 e. The number of hydrogen-bond acceptors (Lipinski definition) is 7. The van der Waals surface area contributed by atoms with Crippen LogP contribution in [-0.4, -0.2) is 59.5 Å². The van der Waals surface area contributed by atoms with Crippen molar-refractivity contribution in [1.29, 1.82) is 0 Å². The van der Waals surface area contributed by atoms with Gasteiger partial charge < -0.3 is 19.2 Å². The van der Waals surface area contributed by atoms with Crippen LogP contribution in [0.15, 0.2) is 65.6 Å². The molecule has 0 fully saturated rings. The molecule has 0 bridgehead atoms. The Morgan fingerprint density at radius 1 is 0.932 bits per heavy atom. The normalized spacial score (nSPS) is 13.1. The van der Waals surface area contributed by atoms with Crippen LogP contribution in [0.25, 0.3) is 20.5 Å². The Morgan fingerprint density at radius 2 is 1.52 bits per heavy atom. The molecule has 3 aromatic carbocycles. The summed E-state index contributed by atoms with van der Waals surface area (Å²) in [5, 5.41) is 11.3. The fourth-order valence-corrected chi connectivity index (χ4v) is 7.51. The molecule has 4 rings (SSSR count). The molecule has 0 atom stereocenters. The van der Waals surface area contributed by atoms with Crippen molar-refractivity contribution in [1.82, 2.24) is 4.90 Å². The van der Waals surface area contributed by atoms with Crippen LogP contribution in [0.5, 0.6) is 17.2 Å². The van der Waals surface area contributed by atoms with Crippen LogP contribution in [0.3, 0.4) is 0 Å². The molecule has 12 heteroatoms. The Morgan fingerprint density at radius 3 is 2.07 bits per heavy atom. The molecule has 0 radical (unpaired) electrons. The fourth-order valence-electron chi connectivity index (χ4n) is 4.31. The lowest BCUT2D eigenvalue weighted by Gasteiger charge is -2.36. The van der Waals surface area contributed by atoms with Gasteiger partial charge in [0.25, 0.3) is 9.84 Å². The molecule has 0 spiro atoms. The number of halogens is 3. The van der Waals surface area contributed by atoms with Gasteiger partial charge in [0.2, 0.25) is 8.32 Å². The number of benzene rings is 3. The van der Waals surface area contributed by atoms with E-state index in [9.17, 15) is 26.7 Å². The Bertz CT molecular complexity index is 1730. The molecular weight excluding hydrogens is 628 g/mol. The third kappa shape index (κ3) is 7.25. The molecule has 1 heterocycles. The predicted octanol–water partition coefficient (Wildman–Crippen LogP) is 8.48. The number of rotatable bonds is 10. The number of thiophene rings is 1. The molecule has 1 N–H and O–H groups in total. The van der Waals surface area contributed by atoms with Crippen LogP contribution < -0.4 is 9.16 Å². The molecule has 0 saturated heterocycles. The molecule has 0 aliphatic rings. The van der Waals surface area contributed by atoms with Crippen molar-refractivity contribution < 1.29 is 35.9 Å². The molecule has 0 unspecified atom stereocenters. The highest BCUT2D eigenvalue weighted by atomic mass is 32.2. The van der Waals surface area contributed by atoms with Crippen molar-refractivity contribution in [2.24, 2.45) is 0 Å². The summed E-state index contributed by atoms with van der Waals surface area (Å²) in [5.74, 6) is 0.895. The number of phenolic OH excluding ortho intramolecular Hbond substituents is 1. The van der Waals surface area contributed by atoms with Gasteiger partial charge in [-0.15, -0.1) is 11.3 Å². The van der Waals surface area contributed by atoms with Gasteiger partial charge in [-0.3, -0.25) is 0 Å². The van der Waals surface area contributed by atoms with Crippen LogP contribution >= 0.6 is 11.3 Å². The monoisotopic (exact) mass is 665 g/mol. The second kappa shape index (κ2) is 12.4. The zero-order chi connectivity index (χ0) is 32.7. The average molecular weight is 666 g/mol. The summed E-state index contributed by atoms with van der Waals surface area (Å²) in [6.45, 7) is 12.0. The molecule has 0 aliphatic heterocycles. The summed E-state index contributed by atoms with van der Waals surface area (Å²) in [5.41, 5.74) is -3.16. The lowest BCUT2D eigenvalue weighted by molar-refractivity contribution is -0.0435. The summed E-state index contributed by atoms with van der Waals surface area (Å²) in [4.78, 5) is 1.73. The minimum Gasteiger partial charge on any atom is -0.544 e. The number of ether oxygens (including phenoxy) is 1. The van der Waals surface area contributed by atoms with Gasteiger partial charge in [0.05, 0.1) is 4.90 Å². The van der Waals surface area contributed by atoms with Gasteiger partial charge in [0, 0.05) is 21.5 Å². The van der Waals surface area contributed by atoms with Gasteiger partial charge in [-0.1, -0.05) is 32.9 Å². The van der Waals surface area contributed by atoms with Crippen molar-refractivity contribution >= 4 is 39.6 Å². The molecule has 0 amide bonds. The SMILES string of the molecule is CN(C)CCOc1ccc(Cc2c(-c3ccc(O[Si](C)(C)C(C)(C)C)cc3)sc3cc(S(=O)(=O)C(F)(F)F)cc(O)c23)cc1. The highest BCUT2D eigenvalue weighted by Crippen LogP contribution is 2.46. The minimum atomic E-state index is -5.65. The predicted molar refractivity (Wildman–Crippen MR) is 173 cm³/mol. The zero-order valence-electron chi connectivity index (χ0n) is 25.9. The third-order valence-electron chi connectivity index (χ3n) is 7.86. The number of fused-ring (bicyclic) bond motifs is 1. The minimum absolute atomic E-state index is 0.00322. The molecule has 44 heavy (non-hydrogen) atoms. The first-order chi connectivity index (χ1) is 20.3. The van der Waals surface area contributed by atoms with E-state index >= 15 is 0 Å². The number of phenols is 1. The van der Waals surface area contributed by atoms with E-state index in [2.05, 4.69) is 33.9 Å².